The van der Waals surface area contributed by atoms with Gasteiger partial charge in [0.25, 0.3) is 0 Å². The number of benzene rings is 1. The van der Waals surface area contributed by atoms with Crippen LogP contribution in [0, 0.1) is 0 Å². The number of ether oxygens (including phenoxy) is 1. The number of hydrogen-bond acceptors (Lipinski definition) is 2. The van der Waals surface area contributed by atoms with E-state index >= 15 is 0 Å². The molecule has 0 aliphatic heterocycles. The lowest BCUT2D eigenvalue weighted by Gasteiger charge is -2.30. The SMILES string of the molecule is CC(C)(C)OC(=O)c1c(CBr)cccc1C1CCC(F)(F)CC1. The number of esters is 1. The van der Waals surface area contributed by atoms with Gasteiger partial charge in [0.15, 0.2) is 0 Å². The first-order valence-corrected chi connectivity index (χ1v) is 9.04. The maximum atomic E-state index is 13.4. The van der Waals surface area contributed by atoms with Gasteiger partial charge < -0.3 is 4.74 Å². The van der Waals surface area contributed by atoms with Crippen molar-refractivity contribution in [3.8, 4) is 0 Å². The summed E-state index contributed by atoms with van der Waals surface area (Å²) in [7, 11) is 0. The van der Waals surface area contributed by atoms with Crippen LogP contribution in [-0.4, -0.2) is 17.5 Å². The van der Waals surface area contributed by atoms with Crippen LogP contribution in [0.4, 0.5) is 8.78 Å². The average molecular weight is 389 g/mol. The third-order valence-electron chi connectivity index (χ3n) is 4.09. The van der Waals surface area contributed by atoms with Gasteiger partial charge in [-0.2, -0.15) is 0 Å². The minimum absolute atomic E-state index is 0.0175. The average Bonchev–Trinajstić information content (AvgIpc) is 2.44. The molecule has 128 valence electrons. The number of alkyl halides is 3. The van der Waals surface area contributed by atoms with Gasteiger partial charge in [0.2, 0.25) is 5.92 Å². The fourth-order valence-electron chi connectivity index (χ4n) is 3.00. The maximum Gasteiger partial charge on any atom is 0.339 e. The minimum atomic E-state index is -2.57. The Balaban J connectivity index is 2.35. The number of carbonyl (C=O) groups is 1. The van der Waals surface area contributed by atoms with Crippen molar-refractivity contribution in [2.24, 2.45) is 0 Å². The summed E-state index contributed by atoms with van der Waals surface area (Å²) >= 11 is 3.40. The van der Waals surface area contributed by atoms with Crippen LogP contribution in [0.25, 0.3) is 0 Å². The van der Waals surface area contributed by atoms with Crippen LogP contribution in [0.5, 0.6) is 0 Å². The predicted molar refractivity (Wildman–Crippen MR) is 90.4 cm³/mol. The van der Waals surface area contributed by atoms with Crippen molar-refractivity contribution >= 4 is 21.9 Å². The van der Waals surface area contributed by atoms with Crippen molar-refractivity contribution in [3.05, 3.63) is 34.9 Å². The first-order chi connectivity index (χ1) is 10.6. The first-order valence-electron chi connectivity index (χ1n) is 7.92. The lowest BCUT2D eigenvalue weighted by molar-refractivity contribution is -0.0382. The fourth-order valence-corrected chi connectivity index (χ4v) is 3.47. The third kappa shape index (κ3) is 4.75. The number of hydrogen-bond donors (Lipinski definition) is 0. The van der Waals surface area contributed by atoms with Crippen LogP contribution < -0.4 is 0 Å². The molecular formula is C18H23BrF2O2. The van der Waals surface area contributed by atoms with Gasteiger partial charge in [0, 0.05) is 18.2 Å². The van der Waals surface area contributed by atoms with Crippen LogP contribution >= 0.6 is 15.9 Å². The lowest BCUT2D eigenvalue weighted by atomic mass is 9.79. The Labute approximate surface area is 144 Å². The molecule has 1 aliphatic rings. The summed E-state index contributed by atoms with van der Waals surface area (Å²) in [5.74, 6) is -2.97. The molecule has 23 heavy (non-hydrogen) atoms. The Morgan fingerprint density at radius 2 is 1.91 bits per heavy atom. The highest BCUT2D eigenvalue weighted by molar-refractivity contribution is 9.08. The van der Waals surface area contributed by atoms with E-state index in [-0.39, 0.29) is 24.7 Å². The molecule has 0 spiro atoms. The Bertz CT molecular complexity index is 569. The van der Waals surface area contributed by atoms with Gasteiger partial charge in [-0.15, -0.1) is 0 Å². The van der Waals surface area contributed by atoms with Crippen LogP contribution in [0.15, 0.2) is 18.2 Å². The highest BCUT2D eigenvalue weighted by Gasteiger charge is 2.37. The standard InChI is InChI=1S/C18H23BrF2O2/c1-17(2,3)23-16(22)15-13(11-19)5-4-6-14(15)12-7-9-18(20,21)10-8-12/h4-6,12H,7-11H2,1-3H3. The molecule has 0 amide bonds. The molecule has 1 aliphatic carbocycles. The van der Waals surface area contributed by atoms with E-state index in [9.17, 15) is 13.6 Å². The quantitative estimate of drug-likeness (QED) is 0.480. The largest absolute Gasteiger partial charge is 0.456 e. The topological polar surface area (TPSA) is 26.3 Å². The molecule has 0 radical (unpaired) electrons. The lowest BCUT2D eigenvalue weighted by Crippen LogP contribution is -2.27. The highest BCUT2D eigenvalue weighted by atomic mass is 79.9. The van der Waals surface area contributed by atoms with Crippen molar-refractivity contribution in [1.82, 2.24) is 0 Å². The summed E-state index contributed by atoms with van der Waals surface area (Å²) in [6.07, 6.45) is 0.553. The number of rotatable bonds is 3. The van der Waals surface area contributed by atoms with Gasteiger partial charge in [0.05, 0.1) is 5.56 Å². The van der Waals surface area contributed by atoms with Crippen molar-refractivity contribution in [3.63, 3.8) is 0 Å². The second kappa shape index (κ2) is 6.88. The van der Waals surface area contributed by atoms with Crippen molar-refractivity contribution in [2.75, 3.05) is 0 Å². The zero-order valence-electron chi connectivity index (χ0n) is 13.8. The van der Waals surface area contributed by atoms with Gasteiger partial charge in [-0.05, 0) is 50.7 Å². The zero-order chi connectivity index (χ0) is 17.3. The summed E-state index contributed by atoms with van der Waals surface area (Å²) in [4.78, 5) is 12.6. The molecule has 0 bridgehead atoms. The molecule has 0 saturated heterocycles. The maximum absolute atomic E-state index is 13.4. The van der Waals surface area contributed by atoms with Gasteiger partial charge in [-0.25, -0.2) is 13.6 Å². The van der Waals surface area contributed by atoms with Crippen molar-refractivity contribution < 1.29 is 18.3 Å². The molecular weight excluding hydrogens is 366 g/mol. The molecule has 1 aromatic rings. The summed E-state index contributed by atoms with van der Waals surface area (Å²) < 4.78 is 32.4. The fraction of sp³-hybridized carbons (Fsp3) is 0.611. The molecule has 2 nitrogen and oxygen atoms in total. The molecule has 0 heterocycles. The monoisotopic (exact) mass is 388 g/mol. The minimum Gasteiger partial charge on any atom is -0.456 e. The van der Waals surface area contributed by atoms with E-state index in [0.29, 0.717) is 23.7 Å². The molecule has 1 fully saturated rings. The van der Waals surface area contributed by atoms with Crippen LogP contribution in [0.1, 0.15) is 73.9 Å². The normalized spacial score (nSPS) is 18.7. The highest BCUT2D eigenvalue weighted by Crippen LogP contribution is 2.42. The molecule has 1 saturated carbocycles. The van der Waals surface area contributed by atoms with E-state index in [4.69, 9.17) is 4.74 Å². The van der Waals surface area contributed by atoms with Crippen molar-refractivity contribution in [2.45, 2.75) is 69.2 Å². The van der Waals surface area contributed by atoms with E-state index in [2.05, 4.69) is 15.9 Å². The second-order valence-electron chi connectivity index (χ2n) is 7.15. The molecule has 0 unspecified atom stereocenters. The Kier molecular flexibility index (Phi) is 5.49. The van der Waals surface area contributed by atoms with E-state index in [1.54, 1.807) is 0 Å². The predicted octanol–water partition coefficient (Wildman–Crippen LogP) is 5.83. The zero-order valence-corrected chi connectivity index (χ0v) is 15.4. The van der Waals surface area contributed by atoms with E-state index in [0.717, 1.165) is 11.1 Å². The van der Waals surface area contributed by atoms with Crippen molar-refractivity contribution in [1.29, 1.82) is 0 Å². The summed E-state index contributed by atoms with van der Waals surface area (Å²) in [6.45, 7) is 5.47. The summed E-state index contributed by atoms with van der Waals surface area (Å²) in [5, 5.41) is 0.526. The molecule has 2 rings (SSSR count). The molecule has 1 aromatic carbocycles. The van der Waals surface area contributed by atoms with Gasteiger partial charge in [-0.3, -0.25) is 0 Å². The second-order valence-corrected chi connectivity index (χ2v) is 7.71. The number of halogens is 3. The first kappa shape index (κ1) is 18.4. The number of carbonyl (C=O) groups excluding carboxylic acids is 1. The smallest absolute Gasteiger partial charge is 0.339 e. The summed E-state index contributed by atoms with van der Waals surface area (Å²) in [5.41, 5.74) is 1.63. The molecule has 0 aromatic heterocycles. The molecule has 5 heteroatoms. The Hall–Kier alpha value is -0.970. The van der Waals surface area contributed by atoms with Gasteiger partial charge >= 0.3 is 5.97 Å². The van der Waals surface area contributed by atoms with Gasteiger partial charge in [0.1, 0.15) is 5.60 Å². The van der Waals surface area contributed by atoms with Crippen LogP contribution in [-0.2, 0) is 10.1 Å². The summed E-state index contributed by atoms with van der Waals surface area (Å²) in [6, 6.07) is 5.63. The third-order valence-corrected chi connectivity index (χ3v) is 4.69. The Morgan fingerprint density at radius 1 is 1.30 bits per heavy atom. The molecule has 0 N–H and O–H groups in total. The van der Waals surface area contributed by atoms with Gasteiger partial charge in [-0.1, -0.05) is 34.1 Å². The van der Waals surface area contributed by atoms with E-state index in [1.165, 1.54) is 0 Å². The van der Waals surface area contributed by atoms with Crippen LogP contribution in [0.3, 0.4) is 0 Å². The van der Waals surface area contributed by atoms with Crippen LogP contribution in [0.2, 0.25) is 0 Å². The van der Waals surface area contributed by atoms with E-state index in [1.807, 2.05) is 39.0 Å². The molecule has 0 atom stereocenters. The van der Waals surface area contributed by atoms with E-state index < -0.39 is 11.5 Å². The Morgan fingerprint density at radius 3 is 2.43 bits per heavy atom.